The van der Waals surface area contributed by atoms with Crippen LogP contribution in [0.5, 0.6) is 0 Å². The number of aryl methyl sites for hydroxylation is 1. The summed E-state index contributed by atoms with van der Waals surface area (Å²) < 4.78 is 0. The number of allylic oxidation sites excluding steroid dienone is 1. The summed E-state index contributed by atoms with van der Waals surface area (Å²) in [5.41, 5.74) is 5.94. The molecule has 0 unspecified atom stereocenters. The average molecular weight is 328 g/mol. The number of hydrogen-bond acceptors (Lipinski definition) is 3. The number of imidazole rings is 1. The van der Waals surface area contributed by atoms with Crippen molar-refractivity contribution in [1.29, 1.82) is 5.26 Å². The van der Waals surface area contributed by atoms with Crippen LogP contribution >= 0.6 is 0 Å². The second kappa shape index (κ2) is 6.45. The summed E-state index contributed by atoms with van der Waals surface area (Å²) in [6.07, 6.45) is 4.44. The van der Waals surface area contributed by atoms with Gasteiger partial charge in [0.1, 0.15) is 11.9 Å². The fourth-order valence-electron chi connectivity index (χ4n) is 3.48. The van der Waals surface area contributed by atoms with Gasteiger partial charge in [-0.1, -0.05) is 18.2 Å². The van der Waals surface area contributed by atoms with Gasteiger partial charge >= 0.3 is 0 Å². The minimum Gasteiger partial charge on any atom is -0.371 e. The molecule has 25 heavy (non-hydrogen) atoms. The Kier molecular flexibility index (Phi) is 3.99. The molecule has 1 aromatic heterocycles. The number of fused-ring (bicyclic) bond motifs is 1. The number of H-pyrrole nitrogens is 1. The first-order chi connectivity index (χ1) is 12.2. The summed E-state index contributed by atoms with van der Waals surface area (Å²) in [7, 11) is 0. The van der Waals surface area contributed by atoms with Crippen LogP contribution in [0.1, 0.15) is 29.8 Å². The van der Waals surface area contributed by atoms with E-state index in [4.69, 9.17) is 0 Å². The number of rotatable bonds is 3. The van der Waals surface area contributed by atoms with Crippen molar-refractivity contribution in [3.8, 4) is 6.07 Å². The first-order valence-corrected chi connectivity index (χ1v) is 8.67. The molecular formula is C21H20N4. The number of nitrogens with zero attached hydrogens (tertiary/aromatic N) is 3. The Hall–Kier alpha value is -3.06. The SMILES string of the molecule is Cc1cc(C=C(C#N)c2nc3ccccc3[nH]2)ccc1N1CCCC1. The van der Waals surface area contributed by atoms with Crippen LogP contribution in [-0.2, 0) is 0 Å². The lowest BCUT2D eigenvalue weighted by atomic mass is 10.1. The maximum absolute atomic E-state index is 9.58. The minimum absolute atomic E-state index is 0.546. The Morgan fingerprint density at radius 1 is 1.20 bits per heavy atom. The van der Waals surface area contributed by atoms with Crippen molar-refractivity contribution in [1.82, 2.24) is 9.97 Å². The second-order valence-corrected chi connectivity index (χ2v) is 6.51. The van der Waals surface area contributed by atoms with E-state index in [0.717, 1.165) is 29.7 Å². The molecule has 4 heteroatoms. The fraction of sp³-hybridized carbons (Fsp3) is 0.238. The molecule has 0 radical (unpaired) electrons. The average Bonchev–Trinajstić information content (AvgIpc) is 3.29. The number of para-hydroxylation sites is 2. The molecule has 0 atom stereocenters. The Labute approximate surface area is 147 Å². The van der Waals surface area contributed by atoms with Gasteiger partial charge in [0.25, 0.3) is 0 Å². The molecule has 3 aromatic rings. The first kappa shape index (κ1) is 15.5. The number of aromatic nitrogens is 2. The Morgan fingerprint density at radius 3 is 2.72 bits per heavy atom. The zero-order valence-electron chi connectivity index (χ0n) is 14.3. The Balaban J connectivity index is 1.68. The van der Waals surface area contributed by atoms with Gasteiger partial charge in [-0.2, -0.15) is 5.26 Å². The molecule has 124 valence electrons. The van der Waals surface area contributed by atoms with Crippen LogP contribution in [0, 0.1) is 18.3 Å². The van der Waals surface area contributed by atoms with Gasteiger partial charge in [0.05, 0.1) is 16.6 Å². The van der Waals surface area contributed by atoms with E-state index in [0.29, 0.717) is 11.4 Å². The normalized spacial score (nSPS) is 14.9. The highest BCUT2D eigenvalue weighted by Gasteiger charge is 2.14. The minimum atomic E-state index is 0.546. The van der Waals surface area contributed by atoms with Crippen LogP contribution < -0.4 is 4.90 Å². The summed E-state index contributed by atoms with van der Waals surface area (Å²) in [5.74, 6) is 0.616. The monoisotopic (exact) mass is 328 g/mol. The first-order valence-electron chi connectivity index (χ1n) is 8.67. The molecule has 1 fully saturated rings. The van der Waals surface area contributed by atoms with E-state index in [2.05, 4.69) is 46.1 Å². The van der Waals surface area contributed by atoms with E-state index < -0.39 is 0 Å². The maximum atomic E-state index is 9.58. The van der Waals surface area contributed by atoms with Gasteiger partial charge in [0.2, 0.25) is 0 Å². The molecule has 1 aliphatic heterocycles. The number of nitrogens with one attached hydrogen (secondary N) is 1. The molecule has 1 saturated heterocycles. The van der Waals surface area contributed by atoms with Gasteiger partial charge in [0.15, 0.2) is 0 Å². The van der Waals surface area contributed by atoms with Crippen LogP contribution in [0.2, 0.25) is 0 Å². The lowest BCUT2D eigenvalue weighted by molar-refractivity contribution is 0.949. The molecule has 2 heterocycles. The van der Waals surface area contributed by atoms with Gasteiger partial charge < -0.3 is 9.88 Å². The van der Waals surface area contributed by atoms with Crippen molar-refractivity contribution in [2.75, 3.05) is 18.0 Å². The molecule has 0 aliphatic carbocycles. The number of nitriles is 1. The summed E-state index contributed by atoms with van der Waals surface area (Å²) >= 11 is 0. The van der Waals surface area contributed by atoms with Crippen LogP contribution in [0.4, 0.5) is 5.69 Å². The largest absolute Gasteiger partial charge is 0.371 e. The zero-order chi connectivity index (χ0) is 17.2. The zero-order valence-corrected chi connectivity index (χ0v) is 14.3. The highest BCUT2D eigenvalue weighted by molar-refractivity contribution is 5.90. The van der Waals surface area contributed by atoms with Gasteiger partial charge in [-0.15, -0.1) is 0 Å². The van der Waals surface area contributed by atoms with E-state index in [1.807, 2.05) is 30.3 Å². The fourth-order valence-corrected chi connectivity index (χ4v) is 3.48. The van der Waals surface area contributed by atoms with E-state index >= 15 is 0 Å². The van der Waals surface area contributed by atoms with Crippen molar-refractivity contribution in [3.63, 3.8) is 0 Å². The van der Waals surface area contributed by atoms with Gasteiger partial charge in [-0.25, -0.2) is 4.98 Å². The van der Waals surface area contributed by atoms with Crippen molar-refractivity contribution in [2.24, 2.45) is 0 Å². The summed E-state index contributed by atoms with van der Waals surface area (Å²) in [5, 5.41) is 9.58. The van der Waals surface area contributed by atoms with Gasteiger partial charge in [-0.3, -0.25) is 0 Å². The molecule has 0 saturated carbocycles. The predicted octanol–water partition coefficient (Wildman–Crippen LogP) is 4.54. The molecule has 4 nitrogen and oxygen atoms in total. The van der Waals surface area contributed by atoms with Crippen molar-refractivity contribution < 1.29 is 0 Å². The van der Waals surface area contributed by atoms with E-state index in [9.17, 15) is 5.26 Å². The van der Waals surface area contributed by atoms with Gasteiger partial charge in [-0.05, 0) is 61.2 Å². The topological polar surface area (TPSA) is 55.7 Å². The van der Waals surface area contributed by atoms with E-state index in [1.54, 1.807) is 0 Å². The smallest absolute Gasteiger partial charge is 0.149 e. The standard InChI is InChI=1S/C21H20N4/c1-15-12-16(8-9-20(15)25-10-4-5-11-25)13-17(14-22)21-23-18-6-2-3-7-19(18)24-21/h2-3,6-9,12-13H,4-5,10-11H2,1H3,(H,23,24). The number of hydrogen-bond donors (Lipinski definition) is 1. The second-order valence-electron chi connectivity index (χ2n) is 6.51. The Bertz CT molecular complexity index is 952. The molecule has 1 N–H and O–H groups in total. The molecule has 0 amide bonds. The third-order valence-electron chi connectivity index (χ3n) is 4.74. The van der Waals surface area contributed by atoms with Crippen molar-refractivity contribution in [3.05, 3.63) is 59.4 Å². The highest BCUT2D eigenvalue weighted by Crippen LogP contribution is 2.27. The lowest BCUT2D eigenvalue weighted by Gasteiger charge is -2.20. The molecule has 0 spiro atoms. The summed E-state index contributed by atoms with van der Waals surface area (Å²) in [4.78, 5) is 10.2. The van der Waals surface area contributed by atoms with Crippen LogP contribution in [-0.4, -0.2) is 23.1 Å². The lowest BCUT2D eigenvalue weighted by Crippen LogP contribution is -2.18. The molecule has 2 aromatic carbocycles. The maximum Gasteiger partial charge on any atom is 0.149 e. The third kappa shape index (κ3) is 3.01. The molecule has 1 aliphatic rings. The number of anilines is 1. The third-order valence-corrected chi connectivity index (χ3v) is 4.74. The summed E-state index contributed by atoms with van der Waals surface area (Å²) in [6, 6.07) is 16.5. The number of benzene rings is 2. The molecular weight excluding hydrogens is 308 g/mol. The van der Waals surface area contributed by atoms with Crippen LogP contribution in [0.15, 0.2) is 42.5 Å². The van der Waals surface area contributed by atoms with Crippen molar-refractivity contribution >= 4 is 28.4 Å². The molecule has 0 bridgehead atoms. The van der Waals surface area contributed by atoms with Crippen molar-refractivity contribution in [2.45, 2.75) is 19.8 Å². The predicted molar refractivity (Wildman–Crippen MR) is 102 cm³/mol. The Morgan fingerprint density at radius 2 is 2.00 bits per heavy atom. The van der Waals surface area contributed by atoms with Crippen LogP contribution in [0.25, 0.3) is 22.7 Å². The number of aromatic amines is 1. The van der Waals surface area contributed by atoms with E-state index in [1.165, 1.54) is 24.1 Å². The quantitative estimate of drug-likeness (QED) is 0.718. The molecule has 4 rings (SSSR count). The van der Waals surface area contributed by atoms with Gasteiger partial charge in [0, 0.05) is 18.8 Å². The summed E-state index contributed by atoms with van der Waals surface area (Å²) in [6.45, 7) is 4.41. The highest BCUT2D eigenvalue weighted by atomic mass is 15.1. The van der Waals surface area contributed by atoms with Crippen LogP contribution in [0.3, 0.4) is 0 Å². The van der Waals surface area contributed by atoms with E-state index in [-0.39, 0.29) is 0 Å².